The Morgan fingerprint density at radius 3 is 2.60 bits per heavy atom. The molecular weight excluding hydrogens is 314 g/mol. The van der Waals surface area contributed by atoms with Crippen LogP contribution in [0.25, 0.3) is 0 Å². The molecule has 0 N–H and O–H groups in total. The molecule has 3 rings (SSSR count). The second-order valence-electron chi connectivity index (χ2n) is 6.31. The van der Waals surface area contributed by atoms with Gasteiger partial charge in [0.15, 0.2) is 0 Å². The van der Waals surface area contributed by atoms with Gasteiger partial charge >= 0.3 is 0 Å². The Kier molecular flexibility index (Phi) is 6.71. The van der Waals surface area contributed by atoms with Crippen molar-refractivity contribution in [1.29, 1.82) is 0 Å². The van der Waals surface area contributed by atoms with Crippen LogP contribution >= 0.6 is 0 Å². The quantitative estimate of drug-likeness (QED) is 0.735. The molecule has 4 heteroatoms. The molecule has 0 aliphatic carbocycles. The van der Waals surface area contributed by atoms with Gasteiger partial charge in [-0.1, -0.05) is 36.4 Å². The van der Waals surface area contributed by atoms with Crippen LogP contribution in [0.2, 0.25) is 0 Å². The second-order valence-corrected chi connectivity index (χ2v) is 6.31. The smallest absolute Gasteiger partial charge is 0.125 e. The van der Waals surface area contributed by atoms with Gasteiger partial charge in [0.2, 0.25) is 0 Å². The summed E-state index contributed by atoms with van der Waals surface area (Å²) < 4.78 is 16.8. The Morgan fingerprint density at radius 1 is 1.04 bits per heavy atom. The number of morpholine rings is 1. The van der Waals surface area contributed by atoms with Gasteiger partial charge in [0, 0.05) is 19.2 Å². The molecule has 0 amide bonds. The van der Waals surface area contributed by atoms with Gasteiger partial charge in [0.05, 0.1) is 20.3 Å². The molecule has 0 unspecified atom stereocenters. The van der Waals surface area contributed by atoms with E-state index in [1.807, 2.05) is 30.3 Å². The van der Waals surface area contributed by atoms with Gasteiger partial charge in [-0.05, 0) is 36.6 Å². The highest BCUT2D eigenvalue weighted by Gasteiger charge is 2.11. The fourth-order valence-electron chi connectivity index (χ4n) is 3.08. The maximum absolute atomic E-state index is 5.89. The Balaban J connectivity index is 1.52. The highest BCUT2D eigenvalue weighted by atomic mass is 16.5. The zero-order valence-electron chi connectivity index (χ0n) is 14.9. The summed E-state index contributed by atoms with van der Waals surface area (Å²) in [5, 5.41) is 0. The third-order valence-corrected chi connectivity index (χ3v) is 4.53. The summed E-state index contributed by atoms with van der Waals surface area (Å²) in [5.41, 5.74) is 2.40. The molecule has 0 atom stereocenters. The van der Waals surface area contributed by atoms with E-state index in [1.54, 1.807) is 7.11 Å². The van der Waals surface area contributed by atoms with Crippen molar-refractivity contribution in [1.82, 2.24) is 4.90 Å². The average Bonchev–Trinajstić information content (AvgIpc) is 2.68. The number of aryl methyl sites for hydroxylation is 1. The summed E-state index contributed by atoms with van der Waals surface area (Å²) in [5.74, 6) is 1.75. The molecule has 2 aromatic carbocycles. The summed E-state index contributed by atoms with van der Waals surface area (Å²) in [6.45, 7) is 5.49. The van der Waals surface area contributed by atoms with Crippen molar-refractivity contribution in [3.05, 3.63) is 59.7 Å². The van der Waals surface area contributed by atoms with Crippen molar-refractivity contribution in [2.24, 2.45) is 0 Å². The predicted molar refractivity (Wildman–Crippen MR) is 99.3 cm³/mol. The molecule has 25 heavy (non-hydrogen) atoms. The van der Waals surface area contributed by atoms with E-state index in [-0.39, 0.29) is 0 Å². The van der Waals surface area contributed by atoms with Crippen molar-refractivity contribution < 1.29 is 14.2 Å². The standard InChI is InChI=1S/C21H27NO3/c1-23-21-16-20(25-17-18-6-3-2-4-7-18)10-9-19(21)8-5-11-22-12-14-24-15-13-22/h2-4,6-7,9-10,16H,5,8,11-15,17H2,1H3. The van der Waals surface area contributed by atoms with E-state index in [9.17, 15) is 0 Å². The highest BCUT2D eigenvalue weighted by Crippen LogP contribution is 2.26. The minimum atomic E-state index is 0.570. The summed E-state index contributed by atoms with van der Waals surface area (Å²) in [6, 6.07) is 16.3. The number of hydrogen-bond acceptors (Lipinski definition) is 4. The van der Waals surface area contributed by atoms with Gasteiger partial charge in [-0.25, -0.2) is 0 Å². The van der Waals surface area contributed by atoms with Crippen LogP contribution in [-0.2, 0) is 17.8 Å². The van der Waals surface area contributed by atoms with Crippen molar-refractivity contribution in [2.75, 3.05) is 40.0 Å². The first-order valence-electron chi connectivity index (χ1n) is 8.99. The molecule has 1 heterocycles. The zero-order chi connectivity index (χ0) is 17.3. The van der Waals surface area contributed by atoms with E-state index in [2.05, 4.69) is 23.1 Å². The van der Waals surface area contributed by atoms with Crippen LogP contribution in [0.15, 0.2) is 48.5 Å². The first-order chi connectivity index (χ1) is 12.3. The number of ether oxygens (including phenoxy) is 3. The van der Waals surface area contributed by atoms with Crippen LogP contribution in [0.4, 0.5) is 0 Å². The minimum absolute atomic E-state index is 0.570. The SMILES string of the molecule is COc1cc(OCc2ccccc2)ccc1CCCN1CCOCC1. The molecule has 0 saturated carbocycles. The molecule has 1 saturated heterocycles. The van der Waals surface area contributed by atoms with Crippen molar-refractivity contribution in [3.8, 4) is 11.5 Å². The predicted octanol–water partition coefficient (Wildman–Crippen LogP) is 3.54. The van der Waals surface area contributed by atoms with E-state index in [4.69, 9.17) is 14.2 Å². The van der Waals surface area contributed by atoms with Crippen LogP contribution in [0.5, 0.6) is 11.5 Å². The number of methoxy groups -OCH3 is 1. The second kappa shape index (κ2) is 9.44. The third-order valence-electron chi connectivity index (χ3n) is 4.53. The molecule has 0 spiro atoms. The monoisotopic (exact) mass is 341 g/mol. The zero-order valence-corrected chi connectivity index (χ0v) is 14.9. The molecule has 1 fully saturated rings. The third kappa shape index (κ3) is 5.48. The fourth-order valence-corrected chi connectivity index (χ4v) is 3.08. The molecule has 1 aliphatic rings. The summed E-state index contributed by atoms with van der Waals surface area (Å²) in [4.78, 5) is 2.47. The van der Waals surface area contributed by atoms with Crippen molar-refractivity contribution in [3.63, 3.8) is 0 Å². The molecule has 4 nitrogen and oxygen atoms in total. The molecule has 134 valence electrons. The topological polar surface area (TPSA) is 30.9 Å². The normalized spacial score (nSPS) is 15.1. The maximum Gasteiger partial charge on any atom is 0.125 e. The molecular formula is C21H27NO3. The number of nitrogens with zero attached hydrogens (tertiary/aromatic N) is 1. The van der Waals surface area contributed by atoms with E-state index in [1.165, 1.54) is 5.56 Å². The van der Waals surface area contributed by atoms with Gasteiger partial charge in [0.1, 0.15) is 18.1 Å². The van der Waals surface area contributed by atoms with Crippen molar-refractivity contribution in [2.45, 2.75) is 19.4 Å². The lowest BCUT2D eigenvalue weighted by Gasteiger charge is -2.26. The van der Waals surface area contributed by atoms with Crippen LogP contribution < -0.4 is 9.47 Å². The van der Waals surface area contributed by atoms with Gasteiger partial charge in [-0.2, -0.15) is 0 Å². The maximum atomic E-state index is 5.89. The fraction of sp³-hybridized carbons (Fsp3) is 0.429. The first kappa shape index (κ1) is 17.8. The summed E-state index contributed by atoms with van der Waals surface area (Å²) in [6.07, 6.45) is 2.14. The first-order valence-corrected chi connectivity index (χ1v) is 8.99. The molecule has 0 aromatic heterocycles. The minimum Gasteiger partial charge on any atom is -0.496 e. The van der Waals surface area contributed by atoms with Gasteiger partial charge in [-0.3, -0.25) is 4.90 Å². The Morgan fingerprint density at radius 2 is 1.84 bits per heavy atom. The molecule has 2 aromatic rings. The van der Waals surface area contributed by atoms with Crippen LogP contribution in [0.1, 0.15) is 17.5 Å². The Hall–Kier alpha value is -2.04. The van der Waals surface area contributed by atoms with E-state index < -0.39 is 0 Å². The van der Waals surface area contributed by atoms with Crippen LogP contribution in [-0.4, -0.2) is 44.9 Å². The van der Waals surface area contributed by atoms with Crippen LogP contribution in [0.3, 0.4) is 0 Å². The molecule has 0 bridgehead atoms. The molecule has 0 radical (unpaired) electrons. The number of benzene rings is 2. The summed E-state index contributed by atoms with van der Waals surface area (Å²) in [7, 11) is 1.72. The van der Waals surface area contributed by atoms with E-state index in [0.29, 0.717) is 6.61 Å². The highest BCUT2D eigenvalue weighted by molar-refractivity contribution is 5.41. The lowest BCUT2D eigenvalue weighted by atomic mass is 10.1. The lowest BCUT2D eigenvalue weighted by molar-refractivity contribution is 0.0374. The van der Waals surface area contributed by atoms with Gasteiger partial charge < -0.3 is 14.2 Å². The van der Waals surface area contributed by atoms with E-state index in [0.717, 1.165) is 62.8 Å². The average molecular weight is 341 g/mol. The van der Waals surface area contributed by atoms with Gasteiger partial charge in [0.25, 0.3) is 0 Å². The summed E-state index contributed by atoms with van der Waals surface area (Å²) >= 11 is 0. The van der Waals surface area contributed by atoms with E-state index >= 15 is 0 Å². The molecule has 1 aliphatic heterocycles. The number of rotatable bonds is 8. The largest absolute Gasteiger partial charge is 0.496 e. The Bertz CT molecular complexity index is 639. The van der Waals surface area contributed by atoms with Crippen molar-refractivity contribution >= 4 is 0 Å². The number of hydrogen-bond donors (Lipinski definition) is 0. The van der Waals surface area contributed by atoms with Gasteiger partial charge in [-0.15, -0.1) is 0 Å². The Labute approximate surface area is 150 Å². The lowest BCUT2D eigenvalue weighted by Crippen LogP contribution is -2.36. The van der Waals surface area contributed by atoms with Crippen LogP contribution in [0, 0.1) is 0 Å².